The largest absolute Gasteiger partial charge is 0.311 e. The van der Waals surface area contributed by atoms with E-state index in [1.807, 2.05) is 0 Å². The fourth-order valence-electron chi connectivity index (χ4n) is 3.76. The first-order chi connectivity index (χ1) is 10.2. The number of hydrogen-bond acceptors (Lipinski definition) is 2. The minimum atomic E-state index is 0.381. The predicted octanol–water partition coefficient (Wildman–Crippen LogP) is 3.92. The highest BCUT2D eigenvalue weighted by Crippen LogP contribution is 2.39. The van der Waals surface area contributed by atoms with Gasteiger partial charge in [-0.1, -0.05) is 43.5 Å². The van der Waals surface area contributed by atoms with Crippen molar-refractivity contribution in [2.45, 2.75) is 62.9 Å². The number of nitrogens with one attached hydrogen (secondary N) is 1. The zero-order chi connectivity index (χ0) is 14.7. The van der Waals surface area contributed by atoms with E-state index in [2.05, 4.69) is 48.6 Å². The average Bonchev–Trinajstić information content (AvgIpc) is 3.33. The third kappa shape index (κ3) is 3.67. The van der Waals surface area contributed by atoms with Crippen molar-refractivity contribution in [1.82, 2.24) is 10.2 Å². The Balaban J connectivity index is 1.51. The topological polar surface area (TPSA) is 15.3 Å². The minimum absolute atomic E-state index is 0.381. The van der Waals surface area contributed by atoms with Crippen molar-refractivity contribution in [2.75, 3.05) is 20.6 Å². The summed E-state index contributed by atoms with van der Waals surface area (Å²) in [5.74, 6) is 0.867. The molecule has 2 saturated carbocycles. The third-order valence-electron chi connectivity index (χ3n) is 5.54. The highest BCUT2D eigenvalue weighted by Gasteiger charge is 2.33. The van der Waals surface area contributed by atoms with Gasteiger partial charge in [-0.15, -0.1) is 0 Å². The Morgan fingerprint density at radius 2 is 1.71 bits per heavy atom. The molecule has 0 amide bonds. The van der Waals surface area contributed by atoms with Gasteiger partial charge < -0.3 is 10.2 Å². The van der Waals surface area contributed by atoms with Gasteiger partial charge in [-0.2, -0.15) is 0 Å². The average molecular weight is 286 g/mol. The zero-order valence-electron chi connectivity index (χ0n) is 13.7. The van der Waals surface area contributed by atoms with Gasteiger partial charge in [0.15, 0.2) is 0 Å². The van der Waals surface area contributed by atoms with Gasteiger partial charge in [-0.05, 0) is 56.8 Å². The van der Waals surface area contributed by atoms with Crippen molar-refractivity contribution in [1.29, 1.82) is 0 Å². The minimum Gasteiger partial charge on any atom is -0.311 e. The van der Waals surface area contributed by atoms with E-state index in [4.69, 9.17) is 0 Å². The van der Waals surface area contributed by atoms with E-state index in [1.54, 1.807) is 0 Å². The van der Waals surface area contributed by atoms with Crippen LogP contribution in [0.2, 0.25) is 0 Å². The van der Waals surface area contributed by atoms with Crippen LogP contribution in [0.15, 0.2) is 24.3 Å². The molecule has 0 radical (unpaired) electrons. The third-order valence-corrected chi connectivity index (χ3v) is 5.54. The molecular weight excluding hydrogens is 256 g/mol. The van der Waals surface area contributed by atoms with E-state index in [9.17, 15) is 0 Å². The summed E-state index contributed by atoms with van der Waals surface area (Å²) in [4.78, 5) is 2.45. The lowest BCUT2D eigenvalue weighted by Crippen LogP contribution is -2.52. The maximum absolute atomic E-state index is 3.72. The Labute approximate surface area is 129 Å². The highest BCUT2D eigenvalue weighted by molar-refractivity contribution is 5.28. The molecule has 2 aliphatic carbocycles. The summed E-state index contributed by atoms with van der Waals surface area (Å²) in [7, 11) is 4.49. The molecule has 2 nitrogen and oxygen atoms in total. The van der Waals surface area contributed by atoms with Crippen LogP contribution in [-0.2, 0) is 6.54 Å². The van der Waals surface area contributed by atoms with Crippen molar-refractivity contribution < 1.29 is 0 Å². The van der Waals surface area contributed by atoms with Crippen LogP contribution in [0.4, 0.5) is 0 Å². The molecule has 0 unspecified atom stereocenters. The molecule has 0 spiro atoms. The molecule has 1 N–H and O–H groups in total. The Morgan fingerprint density at radius 1 is 1.05 bits per heavy atom. The summed E-state index contributed by atoms with van der Waals surface area (Å²) in [6, 6.07) is 9.28. The molecule has 0 aromatic heterocycles. The summed E-state index contributed by atoms with van der Waals surface area (Å²) in [6.07, 6.45) is 9.65. The summed E-state index contributed by atoms with van der Waals surface area (Å²) in [5, 5.41) is 3.72. The first kappa shape index (κ1) is 15.1. The van der Waals surface area contributed by atoms with E-state index in [-0.39, 0.29) is 0 Å². The molecule has 0 bridgehead atoms. The van der Waals surface area contributed by atoms with Gasteiger partial charge >= 0.3 is 0 Å². The lowest BCUT2D eigenvalue weighted by molar-refractivity contribution is 0.0984. The number of likely N-dealkylation sites (N-methyl/N-ethyl adjacent to an activating group) is 1. The Kier molecular flexibility index (Phi) is 4.66. The van der Waals surface area contributed by atoms with Gasteiger partial charge in [0.05, 0.1) is 0 Å². The Morgan fingerprint density at radius 3 is 2.29 bits per heavy atom. The molecule has 2 heteroatoms. The molecule has 2 aliphatic rings. The molecule has 1 aromatic rings. The fourth-order valence-corrected chi connectivity index (χ4v) is 3.76. The molecule has 3 rings (SSSR count). The molecule has 1 aromatic carbocycles. The van der Waals surface area contributed by atoms with Gasteiger partial charge in [0.1, 0.15) is 0 Å². The lowest BCUT2D eigenvalue weighted by Gasteiger charge is -2.43. The van der Waals surface area contributed by atoms with Gasteiger partial charge in [-0.3, -0.25) is 0 Å². The SMILES string of the molecule is CN(C)C1(CNCc2ccc(C3CC3)cc2)CCCCC1. The monoisotopic (exact) mass is 286 g/mol. The first-order valence-corrected chi connectivity index (χ1v) is 8.67. The quantitative estimate of drug-likeness (QED) is 0.852. The van der Waals surface area contributed by atoms with E-state index in [0.29, 0.717) is 5.54 Å². The highest BCUT2D eigenvalue weighted by atomic mass is 15.2. The number of rotatable bonds is 6. The van der Waals surface area contributed by atoms with Gasteiger partial charge in [0.2, 0.25) is 0 Å². The van der Waals surface area contributed by atoms with E-state index < -0.39 is 0 Å². The van der Waals surface area contributed by atoms with Crippen LogP contribution in [-0.4, -0.2) is 31.1 Å². The number of benzene rings is 1. The van der Waals surface area contributed by atoms with Gasteiger partial charge in [0, 0.05) is 18.6 Å². The Bertz CT molecular complexity index is 439. The van der Waals surface area contributed by atoms with E-state index >= 15 is 0 Å². The van der Waals surface area contributed by atoms with Crippen molar-refractivity contribution in [3.8, 4) is 0 Å². The van der Waals surface area contributed by atoms with E-state index in [0.717, 1.165) is 19.0 Å². The molecule has 0 heterocycles. The summed E-state index contributed by atoms with van der Waals surface area (Å²) >= 11 is 0. The maximum atomic E-state index is 3.72. The fraction of sp³-hybridized carbons (Fsp3) is 0.684. The normalized spacial score (nSPS) is 21.7. The standard InChI is InChI=1S/C19H30N2/c1-21(2)19(12-4-3-5-13-19)15-20-14-16-6-8-17(9-7-16)18-10-11-18/h6-9,18,20H,3-5,10-15H2,1-2H3. The first-order valence-electron chi connectivity index (χ1n) is 8.67. The second-order valence-corrected chi connectivity index (χ2v) is 7.30. The predicted molar refractivity (Wildman–Crippen MR) is 89.6 cm³/mol. The van der Waals surface area contributed by atoms with Crippen LogP contribution in [0.1, 0.15) is 62.0 Å². The molecule has 0 aliphatic heterocycles. The van der Waals surface area contributed by atoms with Crippen LogP contribution >= 0.6 is 0 Å². The Hall–Kier alpha value is -0.860. The molecule has 0 saturated heterocycles. The summed E-state index contributed by atoms with van der Waals surface area (Å²) < 4.78 is 0. The van der Waals surface area contributed by atoms with Crippen LogP contribution in [0, 0.1) is 0 Å². The molecule has 116 valence electrons. The molecular formula is C19H30N2. The van der Waals surface area contributed by atoms with Crippen molar-refractivity contribution >= 4 is 0 Å². The van der Waals surface area contributed by atoms with Crippen molar-refractivity contribution in [3.63, 3.8) is 0 Å². The zero-order valence-corrected chi connectivity index (χ0v) is 13.7. The van der Waals surface area contributed by atoms with Gasteiger partial charge in [0.25, 0.3) is 0 Å². The van der Waals surface area contributed by atoms with Crippen molar-refractivity contribution in [2.24, 2.45) is 0 Å². The lowest BCUT2D eigenvalue weighted by atomic mass is 9.80. The van der Waals surface area contributed by atoms with Crippen LogP contribution in [0.3, 0.4) is 0 Å². The maximum Gasteiger partial charge on any atom is 0.0328 e. The van der Waals surface area contributed by atoms with Crippen LogP contribution in [0.25, 0.3) is 0 Å². The number of hydrogen-bond donors (Lipinski definition) is 1. The van der Waals surface area contributed by atoms with Gasteiger partial charge in [-0.25, -0.2) is 0 Å². The van der Waals surface area contributed by atoms with E-state index in [1.165, 1.54) is 56.1 Å². The molecule has 0 atom stereocenters. The molecule has 2 fully saturated rings. The van der Waals surface area contributed by atoms with Crippen LogP contribution < -0.4 is 5.32 Å². The van der Waals surface area contributed by atoms with Crippen molar-refractivity contribution in [3.05, 3.63) is 35.4 Å². The summed E-state index contributed by atoms with van der Waals surface area (Å²) in [5.41, 5.74) is 3.34. The smallest absolute Gasteiger partial charge is 0.0328 e. The van der Waals surface area contributed by atoms with Crippen LogP contribution in [0.5, 0.6) is 0 Å². The number of nitrogens with zero attached hydrogens (tertiary/aromatic N) is 1. The summed E-state index contributed by atoms with van der Waals surface area (Å²) in [6.45, 7) is 2.12. The second kappa shape index (κ2) is 6.50. The molecule has 21 heavy (non-hydrogen) atoms. The second-order valence-electron chi connectivity index (χ2n) is 7.30.